The first-order chi connectivity index (χ1) is 3.12. The second-order valence-electron chi connectivity index (χ2n) is 1.24. The lowest BCUT2D eigenvalue weighted by Crippen LogP contribution is -2.57. The predicted octanol–water partition coefficient (Wildman–Crippen LogP) is -1.17. The lowest BCUT2D eigenvalue weighted by atomic mass is 10.4. The smallest absolute Gasteiger partial charge is 0.126 e. The molecular formula is C3H8N3O-. The van der Waals surface area contributed by atoms with E-state index in [9.17, 15) is 5.21 Å². The van der Waals surface area contributed by atoms with Gasteiger partial charge in [-0.2, -0.15) is 0 Å². The first-order valence-corrected chi connectivity index (χ1v) is 1.73. The van der Waals surface area contributed by atoms with E-state index >= 15 is 0 Å². The zero-order valence-corrected chi connectivity index (χ0v) is 3.85. The molecule has 0 fully saturated rings. The van der Waals surface area contributed by atoms with Crippen molar-refractivity contribution in [3.63, 3.8) is 0 Å². The van der Waals surface area contributed by atoms with Crippen LogP contribution in [0.1, 0.15) is 0 Å². The zero-order chi connectivity index (χ0) is 5.91. The van der Waals surface area contributed by atoms with E-state index in [0.717, 1.165) is 6.08 Å². The van der Waals surface area contributed by atoms with Gasteiger partial charge in [0.25, 0.3) is 0 Å². The summed E-state index contributed by atoms with van der Waals surface area (Å²) in [5.41, 5.74) is 11.3. The Morgan fingerprint density at radius 1 is 1.71 bits per heavy atom. The molecule has 0 unspecified atom stereocenters. The van der Waals surface area contributed by atoms with Crippen LogP contribution in [0.15, 0.2) is 12.7 Å². The molecule has 0 aromatic rings. The van der Waals surface area contributed by atoms with Gasteiger partial charge in [0, 0.05) is 0 Å². The third-order valence-corrected chi connectivity index (χ3v) is 0.515. The third kappa shape index (κ3) is 2.30. The number of nitrogens with two attached hydrogens (primary N) is 2. The summed E-state index contributed by atoms with van der Waals surface area (Å²) in [5, 5.41) is 9.61. The Kier molecular flexibility index (Phi) is 1.91. The van der Waals surface area contributed by atoms with Gasteiger partial charge in [0.05, 0.1) is 0 Å². The van der Waals surface area contributed by atoms with Gasteiger partial charge >= 0.3 is 0 Å². The average molecular weight is 102 g/mol. The molecule has 0 aliphatic heterocycles. The van der Waals surface area contributed by atoms with E-state index in [-0.39, 0.29) is 0 Å². The summed E-state index contributed by atoms with van der Waals surface area (Å²) in [6.07, 6.45) is 1.12. The van der Waals surface area contributed by atoms with Crippen molar-refractivity contribution in [1.29, 1.82) is 0 Å². The van der Waals surface area contributed by atoms with Crippen LogP contribution in [0.3, 0.4) is 0 Å². The van der Waals surface area contributed by atoms with Gasteiger partial charge in [-0.15, -0.1) is 0 Å². The van der Waals surface area contributed by atoms with Crippen LogP contribution in [0.2, 0.25) is 0 Å². The van der Waals surface area contributed by atoms with Crippen LogP contribution in [0, 0.1) is 5.21 Å². The van der Waals surface area contributed by atoms with E-state index in [1.54, 1.807) is 0 Å². The zero-order valence-electron chi connectivity index (χ0n) is 3.85. The number of rotatable bonds is 2. The minimum absolute atomic E-state index is 1.12. The summed E-state index contributed by atoms with van der Waals surface area (Å²) in [6.45, 7) is 3.19. The first-order valence-electron chi connectivity index (χ1n) is 1.73. The minimum atomic E-state index is -1.46. The summed E-state index contributed by atoms with van der Waals surface area (Å²) < 4.78 is 0. The van der Waals surface area contributed by atoms with Gasteiger partial charge in [-0.1, -0.05) is 6.58 Å². The van der Waals surface area contributed by atoms with Crippen molar-refractivity contribution in [2.45, 2.75) is 5.79 Å². The molecule has 42 valence electrons. The molecule has 0 aliphatic rings. The van der Waals surface area contributed by atoms with Crippen molar-refractivity contribution in [3.8, 4) is 0 Å². The van der Waals surface area contributed by atoms with E-state index in [1.807, 2.05) is 0 Å². The van der Waals surface area contributed by atoms with E-state index in [2.05, 4.69) is 6.58 Å². The molecule has 0 spiro atoms. The molecule has 0 bridgehead atoms. The molecule has 0 saturated heterocycles. The lowest BCUT2D eigenvalue weighted by molar-refractivity contribution is 0.497. The van der Waals surface area contributed by atoms with Gasteiger partial charge in [0.15, 0.2) is 0 Å². The van der Waals surface area contributed by atoms with Crippen LogP contribution in [0.25, 0.3) is 0 Å². The highest BCUT2D eigenvalue weighted by Gasteiger charge is 2.03. The maximum atomic E-state index is 9.61. The summed E-state index contributed by atoms with van der Waals surface area (Å²) in [4.78, 5) is 0. The largest absolute Gasteiger partial charge is 0.785 e. The molecule has 0 aliphatic carbocycles. The Bertz CT molecular complexity index is 70.6. The van der Waals surface area contributed by atoms with Gasteiger partial charge in [0.2, 0.25) is 0 Å². The normalized spacial score (nSPS) is 11.3. The summed E-state index contributed by atoms with van der Waals surface area (Å²) in [6, 6.07) is 0. The van der Waals surface area contributed by atoms with E-state index < -0.39 is 5.79 Å². The fraction of sp³-hybridized carbons (Fsp3) is 0.333. The van der Waals surface area contributed by atoms with Crippen molar-refractivity contribution < 1.29 is 0 Å². The van der Waals surface area contributed by atoms with Crippen LogP contribution in [0.5, 0.6) is 0 Å². The molecule has 4 nitrogen and oxygen atoms in total. The molecule has 7 heavy (non-hydrogen) atoms. The number of hydroxylamine groups is 1. The maximum Gasteiger partial charge on any atom is 0.126 e. The Morgan fingerprint density at radius 2 is 2.14 bits per heavy atom. The Morgan fingerprint density at radius 3 is 2.14 bits per heavy atom. The van der Waals surface area contributed by atoms with Crippen molar-refractivity contribution in [1.82, 2.24) is 5.48 Å². The standard InChI is InChI=1S/C3H8N3O/c1-2-3(4,5)6-7/h2,6H,1,4-5H2/q-1. The van der Waals surface area contributed by atoms with Crippen LogP contribution < -0.4 is 16.9 Å². The van der Waals surface area contributed by atoms with Crippen molar-refractivity contribution in [2.75, 3.05) is 0 Å². The molecule has 0 amide bonds. The maximum absolute atomic E-state index is 9.61. The molecule has 0 rings (SSSR count). The van der Waals surface area contributed by atoms with Crippen LogP contribution in [-0.2, 0) is 0 Å². The minimum Gasteiger partial charge on any atom is -0.785 e. The quantitative estimate of drug-likeness (QED) is 0.233. The highest BCUT2D eigenvalue weighted by molar-refractivity contribution is 4.92. The summed E-state index contributed by atoms with van der Waals surface area (Å²) in [7, 11) is 0. The number of nitrogens with one attached hydrogen (secondary N) is 1. The highest BCUT2D eigenvalue weighted by Crippen LogP contribution is 1.79. The first kappa shape index (κ1) is 6.58. The SMILES string of the molecule is C=CC(N)(N)N[O-]. The summed E-state index contributed by atoms with van der Waals surface area (Å²) in [5.74, 6) is -1.46. The van der Waals surface area contributed by atoms with Gasteiger partial charge in [-0.25, -0.2) is 0 Å². The average Bonchev–Trinajstić information content (AvgIpc) is 1.68. The van der Waals surface area contributed by atoms with Crippen molar-refractivity contribution in [2.24, 2.45) is 11.5 Å². The molecule has 0 radical (unpaired) electrons. The van der Waals surface area contributed by atoms with E-state index in [0.29, 0.717) is 0 Å². The van der Waals surface area contributed by atoms with Gasteiger partial charge in [-0.3, -0.25) is 11.5 Å². The highest BCUT2D eigenvalue weighted by atomic mass is 16.5. The molecule has 0 aromatic heterocycles. The predicted molar refractivity (Wildman–Crippen MR) is 27.8 cm³/mol. The van der Waals surface area contributed by atoms with Gasteiger partial charge in [-0.05, 0) is 6.08 Å². The van der Waals surface area contributed by atoms with Gasteiger partial charge in [0.1, 0.15) is 5.79 Å². The number of hydrogen-bond acceptors (Lipinski definition) is 4. The summed E-state index contributed by atoms with van der Waals surface area (Å²) >= 11 is 0. The Balaban J connectivity index is 3.58. The van der Waals surface area contributed by atoms with E-state index in [1.165, 1.54) is 5.48 Å². The van der Waals surface area contributed by atoms with Crippen molar-refractivity contribution >= 4 is 0 Å². The monoisotopic (exact) mass is 102 g/mol. The molecule has 0 aromatic carbocycles. The molecule has 0 atom stereocenters. The second kappa shape index (κ2) is 2.04. The van der Waals surface area contributed by atoms with Gasteiger partial charge < -0.3 is 10.7 Å². The lowest BCUT2D eigenvalue weighted by Gasteiger charge is -2.24. The Labute approximate surface area is 41.8 Å². The fourth-order valence-electron chi connectivity index (χ4n) is 0.0417. The second-order valence-corrected chi connectivity index (χ2v) is 1.24. The van der Waals surface area contributed by atoms with Crippen LogP contribution in [0.4, 0.5) is 0 Å². The Hall–Kier alpha value is -0.420. The van der Waals surface area contributed by atoms with Crippen LogP contribution in [-0.4, -0.2) is 5.79 Å². The third-order valence-electron chi connectivity index (χ3n) is 0.515. The number of hydrogen-bond donors (Lipinski definition) is 3. The molecule has 0 saturated carbocycles. The van der Waals surface area contributed by atoms with Crippen LogP contribution >= 0.6 is 0 Å². The van der Waals surface area contributed by atoms with Crippen molar-refractivity contribution in [3.05, 3.63) is 17.9 Å². The molecular weight excluding hydrogens is 94.1 g/mol. The van der Waals surface area contributed by atoms with E-state index in [4.69, 9.17) is 11.5 Å². The molecule has 5 N–H and O–H groups in total. The molecule has 4 heteroatoms. The fourth-order valence-corrected chi connectivity index (χ4v) is 0.0417. The topological polar surface area (TPSA) is 87.1 Å². The molecule has 0 heterocycles.